The lowest BCUT2D eigenvalue weighted by molar-refractivity contribution is 0.266. The van der Waals surface area contributed by atoms with Crippen LogP contribution in [0.4, 0.5) is 5.82 Å². The van der Waals surface area contributed by atoms with E-state index in [1.165, 1.54) is 0 Å². The second-order valence-corrected chi connectivity index (χ2v) is 6.38. The summed E-state index contributed by atoms with van der Waals surface area (Å²) in [6, 6.07) is 2.09. The lowest BCUT2D eigenvalue weighted by Crippen LogP contribution is -2.14. The molecular formula is C15H24N4O. The van der Waals surface area contributed by atoms with Crippen molar-refractivity contribution in [1.29, 1.82) is 0 Å². The first-order valence-electron chi connectivity index (χ1n) is 7.11. The number of aromatic nitrogens is 3. The fourth-order valence-corrected chi connectivity index (χ4v) is 2.02. The van der Waals surface area contributed by atoms with Gasteiger partial charge in [-0.05, 0) is 18.4 Å². The molecule has 2 heterocycles. The van der Waals surface area contributed by atoms with Crippen molar-refractivity contribution in [3.63, 3.8) is 0 Å². The van der Waals surface area contributed by atoms with Crippen LogP contribution in [0.3, 0.4) is 0 Å². The number of rotatable bonds is 5. The maximum Gasteiger partial charge on any atom is 0.152 e. The zero-order valence-corrected chi connectivity index (χ0v) is 12.7. The molecule has 1 atom stereocenters. The topological polar surface area (TPSA) is 62.5 Å². The molecular weight excluding hydrogens is 252 g/mol. The Hall–Kier alpha value is -1.62. The molecule has 2 rings (SSSR count). The smallest absolute Gasteiger partial charge is 0.152 e. The molecule has 0 saturated heterocycles. The first-order chi connectivity index (χ1) is 9.41. The lowest BCUT2D eigenvalue weighted by atomic mass is 9.92. The van der Waals surface area contributed by atoms with E-state index in [1.54, 1.807) is 6.20 Å². The van der Waals surface area contributed by atoms with Crippen LogP contribution >= 0.6 is 0 Å². The summed E-state index contributed by atoms with van der Waals surface area (Å²) in [5, 5.41) is 16.9. The van der Waals surface area contributed by atoms with Crippen LogP contribution in [-0.2, 0) is 5.41 Å². The molecule has 0 bridgehead atoms. The van der Waals surface area contributed by atoms with E-state index in [0.717, 1.165) is 30.0 Å². The van der Waals surface area contributed by atoms with Crippen LogP contribution in [0.5, 0.6) is 0 Å². The zero-order valence-electron chi connectivity index (χ0n) is 12.7. The molecule has 1 unspecified atom stereocenters. The first-order valence-corrected chi connectivity index (χ1v) is 7.11. The summed E-state index contributed by atoms with van der Waals surface area (Å²) >= 11 is 0. The molecule has 0 aliphatic carbocycles. The first kappa shape index (κ1) is 14.8. The Kier molecular flexibility index (Phi) is 4.28. The molecule has 0 saturated carbocycles. The predicted molar refractivity (Wildman–Crippen MR) is 81.0 cm³/mol. The number of aliphatic hydroxyl groups is 1. The highest BCUT2D eigenvalue weighted by Gasteiger charge is 2.19. The number of nitrogens with zero attached hydrogens (tertiary/aromatic N) is 3. The molecule has 2 N–H and O–H groups in total. The van der Waals surface area contributed by atoms with Crippen LogP contribution in [0.2, 0.25) is 0 Å². The molecule has 0 amide bonds. The molecule has 0 aliphatic rings. The van der Waals surface area contributed by atoms with Crippen LogP contribution in [-0.4, -0.2) is 32.9 Å². The molecule has 2 aromatic heterocycles. The average Bonchev–Trinajstić information content (AvgIpc) is 2.81. The average molecular weight is 276 g/mol. The Balaban J connectivity index is 2.23. The van der Waals surface area contributed by atoms with E-state index in [4.69, 9.17) is 5.11 Å². The summed E-state index contributed by atoms with van der Waals surface area (Å²) in [6.07, 6.45) is 4.42. The third-order valence-electron chi connectivity index (χ3n) is 3.40. The number of hydrogen-bond donors (Lipinski definition) is 2. The quantitative estimate of drug-likeness (QED) is 0.880. The van der Waals surface area contributed by atoms with E-state index in [2.05, 4.69) is 49.2 Å². The van der Waals surface area contributed by atoms with Crippen LogP contribution in [0.15, 0.2) is 18.5 Å². The second-order valence-electron chi connectivity index (χ2n) is 6.38. The second kappa shape index (κ2) is 5.79. The van der Waals surface area contributed by atoms with Crippen molar-refractivity contribution in [3.05, 3.63) is 24.2 Å². The summed E-state index contributed by atoms with van der Waals surface area (Å²) in [6.45, 7) is 9.58. The Morgan fingerprint density at radius 2 is 2.15 bits per heavy atom. The lowest BCUT2D eigenvalue weighted by Gasteiger charge is -2.13. The highest BCUT2D eigenvalue weighted by molar-refractivity contribution is 5.68. The third-order valence-corrected chi connectivity index (χ3v) is 3.40. The van der Waals surface area contributed by atoms with Crippen molar-refractivity contribution < 1.29 is 5.11 Å². The van der Waals surface area contributed by atoms with E-state index in [9.17, 15) is 0 Å². The van der Waals surface area contributed by atoms with Gasteiger partial charge in [-0.15, -0.1) is 0 Å². The summed E-state index contributed by atoms with van der Waals surface area (Å²) in [5.74, 6) is 1.26. The van der Waals surface area contributed by atoms with Gasteiger partial charge in [-0.1, -0.05) is 27.7 Å². The molecule has 2 aromatic rings. The van der Waals surface area contributed by atoms with Gasteiger partial charge in [0, 0.05) is 31.0 Å². The van der Waals surface area contributed by atoms with E-state index in [1.807, 2.05) is 10.7 Å². The Labute approximate surface area is 120 Å². The van der Waals surface area contributed by atoms with Gasteiger partial charge in [0.25, 0.3) is 0 Å². The summed E-state index contributed by atoms with van der Waals surface area (Å²) in [5.41, 5.74) is 2.07. The number of fused-ring (bicyclic) bond motifs is 1. The van der Waals surface area contributed by atoms with Gasteiger partial charge in [0.15, 0.2) is 5.82 Å². The van der Waals surface area contributed by atoms with E-state index in [-0.39, 0.29) is 12.0 Å². The SMILES string of the molecule is CC(CCO)CNc1nccn2nc(C(C)(C)C)cc12. The van der Waals surface area contributed by atoms with Gasteiger partial charge in [-0.3, -0.25) is 0 Å². The van der Waals surface area contributed by atoms with Crippen LogP contribution in [0, 0.1) is 5.92 Å². The van der Waals surface area contributed by atoms with Crippen molar-refractivity contribution in [2.75, 3.05) is 18.5 Å². The van der Waals surface area contributed by atoms with Gasteiger partial charge in [0.1, 0.15) is 5.52 Å². The molecule has 0 aliphatic heterocycles. The van der Waals surface area contributed by atoms with Crippen molar-refractivity contribution >= 4 is 11.3 Å². The van der Waals surface area contributed by atoms with Crippen molar-refractivity contribution in [2.24, 2.45) is 5.92 Å². The maximum atomic E-state index is 8.94. The third kappa shape index (κ3) is 3.28. The zero-order chi connectivity index (χ0) is 14.8. The van der Waals surface area contributed by atoms with Gasteiger partial charge in [-0.2, -0.15) is 5.10 Å². The maximum absolute atomic E-state index is 8.94. The van der Waals surface area contributed by atoms with Gasteiger partial charge in [0.2, 0.25) is 0 Å². The minimum absolute atomic E-state index is 0.0213. The Morgan fingerprint density at radius 1 is 1.40 bits per heavy atom. The van der Waals surface area contributed by atoms with E-state index < -0.39 is 0 Å². The highest BCUT2D eigenvalue weighted by atomic mass is 16.3. The minimum Gasteiger partial charge on any atom is -0.396 e. The van der Waals surface area contributed by atoms with Crippen molar-refractivity contribution in [3.8, 4) is 0 Å². The summed E-state index contributed by atoms with van der Waals surface area (Å²) < 4.78 is 1.87. The molecule has 0 fully saturated rings. The van der Waals surface area contributed by atoms with Crippen molar-refractivity contribution in [1.82, 2.24) is 14.6 Å². The molecule has 0 radical (unpaired) electrons. The summed E-state index contributed by atoms with van der Waals surface area (Å²) in [7, 11) is 0. The van der Waals surface area contributed by atoms with Crippen LogP contribution in [0.1, 0.15) is 39.8 Å². The van der Waals surface area contributed by atoms with Gasteiger partial charge in [-0.25, -0.2) is 9.50 Å². The molecule has 0 aromatic carbocycles. The standard InChI is InChI=1S/C15H24N4O/c1-11(5-8-20)10-17-14-12-9-13(15(2,3)4)18-19(12)7-6-16-14/h6-7,9,11,20H,5,8,10H2,1-4H3,(H,16,17). The molecule has 110 valence electrons. The van der Waals surface area contributed by atoms with Crippen LogP contribution in [0.25, 0.3) is 5.52 Å². The van der Waals surface area contributed by atoms with Crippen molar-refractivity contribution in [2.45, 2.75) is 39.5 Å². The van der Waals surface area contributed by atoms with E-state index >= 15 is 0 Å². The number of nitrogens with one attached hydrogen (secondary N) is 1. The number of aliphatic hydroxyl groups excluding tert-OH is 1. The van der Waals surface area contributed by atoms with Gasteiger partial charge >= 0.3 is 0 Å². The minimum atomic E-state index is 0.0213. The predicted octanol–water partition coefficient (Wildman–Crippen LogP) is 2.46. The molecule has 0 spiro atoms. The van der Waals surface area contributed by atoms with E-state index in [0.29, 0.717) is 5.92 Å². The molecule has 20 heavy (non-hydrogen) atoms. The number of hydrogen-bond acceptors (Lipinski definition) is 4. The monoisotopic (exact) mass is 276 g/mol. The normalized spacial score (nSPS) is 13.7. The van der Waals surface area contributed by atoms with Gasteiger partial charge < -0.3 is 10.4 Å². The Bertz CT molecular complexity index is 571. The largest absolute Gasteiger partial charge is 0.396 e. The number of anilines is 1. The highest BCUT2D eigenvalue weighted by Crippen LogP contribution is 2.24. The fraction of sp³-hybridized carbons (Fsp3) is 0.600. The molecule has 5 nitrogen and oxygen atoms in total. The van der Waals surface area contributed by atoms with Crippen LogP contribution < -0.4 is 5.32 Å². The fourth-order valence-electron chi connectivity index (χ4n) is 2.02. The Morgan fingerprint density at radius 3 is 2.80 bits per heavy atom. The molecule has 5 heteroatoms. The summed E-state index contributed by atoms with van der Waals surface area (Å²) in [4.78, 5) is 4.40. The van der Waals surface area contributed by atoms with Gasteiger partial charge in [0.05, 0.1) is 5.69 Å².